The highest BCUT2D eigenvalue weighted by Crippen LogP contribution is 2.45. The lowest BCUT2D eigenvalue weighted by Gasteiger charge is -2.34. The monoisotopic (exact) mass is 323 g/mol. The van der Waals surface area contributed by atoms with Crippen molar-refractivity contribution >= 4 is 28.9 Å². The number of aromatic nitrogens is 2. The number of aliphatic hydroxyl groups is 1. The van der Waals surface area contributed by atoms with Crippen LogP contribution in [0.2, 0.25) is 0 Å². The topological polar surface area (TPSA) is 85.3 Å². The number of H-pyrrole nitrogens is 1. The van der Waals surface area contributed by atoms with Gasteiger partial charge in [-0.05, 0) is 55.0 Å². The molecule has 0 radical (unpaired) electrons. The molecular formula is C18H21N5O. The number of benzene rings is 1. The number of fused-ring (bicyclic) bond motifs is 4. The summed E-state index contributed by atoms with van der Waals surface area (Å²) in [7, 11) is 0. The first-order chi connectivity index (χ1) is 11.8. The summed E-state index contributed by atoms with van der Waals surface area (Å²) >= 11 is 0. The SMILES string of the molecule is C=NN/C=C/C1Nc2ccc3n[nH]c(CO)c3c2C2=C1CCCC2. The third-order valence-electron chi connectivity index (χ3n) is 4.91. The van der Waals surface area contributed by atoms with E-state index in [1.54, 1.807) is 0 Å². The molecule has 6 nitrogen and oxygen atoms in total. The number of rotatable bonds is 4. The average molecular weight is 323 g/mol. The number of aliphatic hydroxyl groups excluding tert-OH is 1. The molecular weight excluding hydrogens is 302 g/mol. The zero-order valence-corrected chi connectivity index (χ0v) is 13.5. The van der Waals surface area contributed by atoms with Gasteiger partial charge in [0, 0.05) is 29.6 Å². The quantitative estimate of drug-likeness (QED) is 0.515. The standard InChI is InChI=1S/C18H21N5O/c1-19-20-9-8-13-11-4-2-3-5-12(11)17-14(21-13)6-7-15-18(17)16(10-24)23-22-15/h6-9,13,20-21,24H,1-5,10H2,(H,22,23)/b9-8+. The van der Waals surface area contributed by atoms with Gasteiger partial charge in [0.1, 0.15) is 0 Å². The molecule has 1 atom stereocenters. The van der Waals surface area contributed by atoms with Crippen molar-refractivity contribution in [2.75, 3.05) is 5.32 Å². The van der Waals surface area contributed by atoms with Crippen LogP contribution < -0.4 is 10.7 Å². The van der Waals surface area contributed by atoms with Gasteiger partial charge in [-0.15, -0.1) is 0 Å². The second kappa shape index (κ2) is 6.13. The summed E-state index contributed by atoms with van der Waals surface area (Å²) < 4.78 is 0. The first-order valence-electron chi connectivity index (χ1n) is 8.31. The van der Waals surface area contributed by atoms with Crippen LogP contribution in [0.3, 0.4) is 0 Å². The summed E-state index contributed by atoms with van der Waals surface area (Å²) in [6.07, 6.45) is 8.47. The summed E-state index contributed by atoms with van der Waals surface area (Å²) in [5, 5.41) is 25.3. The Hall–Kier alpha value is -2.60. The van der Waals surface area contributed by atoms with E-state index in [4.69, 9.17) is 0 Å². The Morgan fingerprint density at radius 3 is 3.08 bits per heavy atom. The molecule has 1 aliphatic carbocycles. The van der Waals surface area contributed by atoms with E-state index in [2.05, 4.69) is 44.9 Å². The summed E-state index contributed by atoms with van der Waals surface area (Å²) in [6.45, 7) is 3.40. The third-order valence-corrected chi connectivity index (χ3v) is 4.91. The molecule has 124 valence electrons. The van der Waals surface area contributed by atoms with Crippen molar-refractivity contribution in [2.45, 2.75) is 38.3 Å². The van der Waals surface area contributed by atoms with Gasteiger partial charge in [-0.1, -0.05) is 0 Å². The fraction of sp³-hybridized carbons (Fsp3) is 0.333. The lowest BCUT2D eigenvalue weighted by molar-refractivity contribution is 0.278. The van der Waals surface area contributed by atoms with Gasteiger partial charge < -0.3 is 10.4 Å². The summed E-state index contributed by atoms with van der Waals surface area (Å²) in [5.74, 6) is 0. The molecule has 6 heteroatoms. The van der Waals surface area contributed by atoms with Gasteiger partial charge >= 0.3 is 0 Å². The van der Waals surface area contributed by atoms with E-state index in [0.29, 0.717) is 0 Å². The number of hydrazone groups is 1. The molecule has 2 heterocycles. The molecule has 0 bridgehead atoms. The van der Waals surface area contributed by atoms with E-state index in [0.717, 1.165) is 35.1 Å². The Labute approximate surface area is 140 Å². The van der Waals surface area contributed by atoms with E-state index in [1.807, 2.05) is 12.3 Å². The van der Waals surface area contributed by atoms with E-state index in [-0.39, 0.29) is 12.6 Å². The van der Waals surface area contributed by atoms with Crippen LogP contribution in [0.4, 0.5) is 5.69 Å². The number of nitrogens with zero attached hydrogens (tertiary/aromatic N) is 2. The minimum absolute atomic E-state index is 0.0339. The van der Waals surface area contributed by atoms with E-state index >= 15 is 0 Å². The number of hydrogen-bond donors (Lipinski definition) is 4. The van der Waals surface area contributed by atoms with E-state index < -0.39 is 0 Å². The highest BCUT2D eigenvalue weighted by atomic mass is 16.3. The van der Waals surface area contributed by atoms with Gasteiger partial charge in [-0.2, -0.15) is 10.2 Å². The van der Waals surface area contributed by atoms with Crippen LogP contribution in [-0.4, -0.2) is 28.1 Å². The fourth-order valence-corrected chi connectivity index (χ4v) is 3.89. The van der Waals surface area contributed by atoms with Gasteiger partial charge in [0.15, 0.2) is 0 Å². The predicted octanol–water partition coefficient (Wildman–Crippen LogP) is 2.90. The van der Waals surface area contributed by atoms with Crippen LogP contribution in [-0.2, 0) is 6.61 Å². The molecule has 0 spiro atoms. The average Bonchev–Trinajstić information content (AvgIpc) is 3.05. The van der Waals surface area contributed by atoms with Crippen LogP contribution >= 0.6 is 0 Å². The molecule has 0 fully saturated rings. The first kappa shape index (κ1) is 15.0. The number of allylic oxidation sites excluding steroid dienone is 1. The molecule has 24 heavy (non-hydrogen) atoms. The third kappa shape index (κ3) is 2.30. The van der Waals surface area contributed by atoms with E-state index in [9.17, 15) is 5.11 Å². The summed E-state index contributed by atoms with van der Waals surface area (Å²) in [4.78, 5) is 0. The van der Waals surface area contributed by atoms with Gasteiger partial charge in [0.2, 0.25) is 0 Å². The van der Waals surface area contributed by atoms with Crippen molar-refractivity contribution in [3.05, 3.63) is 41.2 Å². The Bertz CT molecular complexity index is 848. The molecule has 4 N–H and O–H groups in total. The molecule has 4 rings (SSSR count). The molecule has 2 aromatic rings. The molecule has 1 aromatic carbocycles. The maximum absolute atomic E-state index is 9.67. The van der Waals surface area contributed by atoms with Crippen molar-refractivity contribution < 1.29 is 5.11 Å². The normalized spacial score (nSPS) is 20.0. The van der Waals surface area contributed by atoms with E-state index in [1.165, 1.54) is 29.6 Å². The Kier molecular flexibility index (Phi) is 3.82. The summed E-state index contributed by atoms with van der Waals surface area (Å²) in [6, 6.07) is 4.23. The predicted molar refractivity (Wildman–Crippen MR) is 96.6 cm³/mol. The molecule has 0 saturated heterocycles. The largest absolute Gasteiger partial charge is 0.390 e. The van der Waals surface area contributed by atoms with Crippen molar-refractivity contribution in [1.82, 2.24) is 15.6 Å². The molecule has 1 aliphatic heterocycles. The number of aromatic amines is 1. The molecule has 1 aromatic heterocycles. The zero-order valence-electron chi connectivity index (χ0n) is 13.5. The maximum atomic E-state index is 9.67. The second-order valence-corrected chi connectivity index (χ2v) is 6.22. The van der Waals surface area contributed by atoms with Gasteiger partial charge in [-0.25, -0.2) is 0 Å². The fourth-order valence-electron chi connectivity index (χ4n) is 3.89. The first-order valence-corrected chi connectivity index (χ1v) is 8.31. The van der Waals surface area contributed by atoms with Crippen molar-refractivity contribution in [2.24, 2.45) is 5.10 Å². The van der Waals surface area contributed by atoms with Crippen LogP contribution in [0, 0.1) is 0 Å². The highest BCUT2D eigenvalue weighted by Gasteiger charge is 2.29. The highest BCUT2D eigenvalue weighted by molar-refractivity contribution is 6.01. The Morgan fingerprint density at radius 2 is 2.25 bits per heavy atom. The number of anilines is 1. The number of hydrogen-bond acceptors (Lipinski definition) is 5. The molecule has 1 unspecified atom stereocenters. The molecule has 2 aliphatic rings. The Balaban J connectivity index is 1.90. The zero-order chi connectivity index (χ0) is 16.5. The van der Waals surface area contributed by atoms with Gasteiger partial charge in [0.05, 0.1) is 23.9 Å². The van der Waals surface area contributed by atoms with Crippen molar-refractivity contribution in [1.29, 1.82) is 0 Å². The lowest BCUT2D eigenvalue weighted by atomic mass is 9.79. The van der Waals surface area contributed by atoms with Crippen molar-refractivity contribution in [3.8, 4) is 0 Å². The van der Waals surface area contributed by atoms with Crippen LogP contribution in [0.1, 0.15) is 36.9 Å². The van der Waals surface area contributed by atoms with Crippen LogP contribution in [0.15, 0.2) is 35.1 Å². The minimum Gasteiger partial charge on any atom is -0.390 e. The van der Waals surface area contributed by atoms with Crippen LogP contribution in [0.25, 0.3) is 16.5 Å². The van der Waals surface area contributed by atoms with Gasteiger partial charge in [0.25, 0.3) is 0 Å². The lowest BCUT2D eigenvalue weighted by Crippen LogP contribution is -2.27. The van der Waals surface area contributed by atoms with Gasteiger partial charge in [-0.3, -0.25) is 10.5 Å². The maximum Gasteiger partial charge on any atom is 0.0932 e. The Morgan fingerprint density at radius 1 is 1.38 bits per heavy atom. The molecule has 0 saturated carbocycles. The second-order valence-electron chi connectivity index (χ2n) is 6.22. The molecule has 0 amide bonds. The van der Waals surface area contributed by atoms with Crippen LogP contribution in [0.5, 0.6) is 0 Å². The number of nitrogens with one attached hydrogen (secondary N) is 3. The minimum atomic E-state index is -0.0339. The van der Waals surface area contributed by atoms with Crippen molar-refractivity contribution in [3.63, 3.8) is 0 Å². The smallest absolute Gasteiger partial charge is 0.0932 e. The summed E-state index contributed by atoms with van der Waals surface area (Å²) in [5.41, 5.74) is 9.60.